The van der Waals surface area contributed by atoms with E-state index in [0.29, 0.717) is 6.54 Å². The van der Waals surface area contributed by atoms with Gasteiger partial charge in [-0.3, -0.25) is 0 Å². The number of nitrogens with one attached hydrogen (secondary N) is 2. The van der Waals surface area contributed by atoms with Crippen LogP contribution < -0.4 is 10.6 Å². The number of nitrogens with zero attached hydrogens (tertiary/aromatic N) is 2. The number of benzene rings is 1. The summed E-state index contributed by atoms with van der Waals surface area (Å²) in [5.74, 6) is 0.905. The molecule has 0 amide bonds. The van der Waals surface area contributed by atoms with Gasteiger partial charge in [-0.05, 0) is 45.5 Å². The summed E-state index contributed by atoms with van der Waals surface area (Å²) in [6.07, 6.45) is 1.14. The monoisotopic (exact) mass is 432 g/mol. The van der Waals surface area contributed by atoms with Gasteiger partial charge in [-0.2, -0.15) is 0 Å². The molecule has 0 aliphatic rings. The first-order valence-electron chi connectivity index (χ1n) is 8.49. The molecule has 1 rings (SSSR count). The van der Waals surface area contributed by atoms with E-state index in [1.165, 1.54) is 11.1 Å². The average Bonchev–Trinajstić information content (AvgIpc) is 2.54. The van der Waals surface area contributed by atoms with Crippen LogP contribution in [0.1, 0.15) is 38.3 Å². The Balaban J connectivity index is 0.00000484. The van der Waals surface area contributed by atoms with Crippen molar-refractivity contribution in [2.24, 2.45) is 4.99 Å². The maximum Gasteiger partial charge on any atom is 0.191 e. The van der Waals surface area contributed by atoms with Crippen molar-refractivity contribution in [2.45, 2.75) is 40.7 Å². The third-order valence-electron chi connectivity index (χ3n) is 3.72. The minimum atomic E-state index is 0. The lowest BCUT2D eigenvalue weighted by Crippen LogP contribution is -2.38. The van der Waals surface area contributed by atoms with Crippen molar-refractivity contribution in [1.82, 2.24) is 15.5 Å². The topological polar surface area (TPSA) is 39.7 Å². The van der Waals surface area contributed by atoms with Crippen molar-refractivity contribution in [3.05, 3.63) is 35.4 Å². The molecule has 0 heterocycles. The van der Waals surface area contributed by atoms with Crippen LogP contribution in [0.3, 0.4) is 0 Å². The molecule has 0 fully saturated rings. The Morgan fingerprint density at radius 1 is 1.04 bits per heavy atom. The average molecular weight is 432 g/mol. The molecule has 0 saturated heterocycles. The summed E-state index contributed by atoms with van der Waals surface area (Å²) in [5.41, 5.74) is 2.53. The predicted octanol–water partition coefficient (Wildman–Crippen LogP) is 3.40. The van der Waals surface area contributed by atoms with Gasteiger partial charge in [0.1, 0.15) is 0 Å². The van der Waals surface area contributed by atoms with Crippen molar-refractivity contribution in [3.63, 3.8) is 0 Å². The molecule has 5 heteroatoms. The lowest BCUT2D eigenvalue weighted by molar-refractivity contribution is 0.300. The Labute approximate surface area is 159 Å². The largest absolute Gasteiger partial charge is 0.357 e. The number of rotatable bonds is 9. The highest BCUT2D eigenvalue weighted by Gasteiger charge is 2.00. The smallest absolute Gasteiger partial charge is 0.191 e. The molecular formula is C18H33IN4. The maximum atomic E-state index is 4.65. The van der Waals surface area contributed by atoms with E-state index in [9.17, 15) is 0 Å². The number of aliphatic imine (C=N–C) groups is 1. The Kier molecular flexibility index (Phi) is 13.1. The highest BCUT2D eigenvalue weighted by molar-refractivity contribution is 14.0. The van der Waals surface area contributed by atoms with E-state index < -0.39 is 0 Å². The van der Waals surface area contributed by atoms with E-state index in [-0.39, 0.29) is 24.0 Å². The van der Waals surface area contributed by atoms with E-state index >= 15 is 0 Å². The molecule has 0 atom stereocenters. The molecule has 23 heavy (non-hydrogen) atoms. The van der Waals surface area contributed by atoms with Gasteiger partial charge in [0.15, 0.2) is 5.96 Å². The van der Waals surface area contributed by atoms with E-state index in [1.807, 2.05) is 0 Å². The molecule has 0 bridgehead atoms. The number of hydrogen-bond donors (Lipinski definition) is 2. The van der Waals surface area contributed by atoms with Gasteiger partial charge < -0.3 is 15.5 Å². The molecule has 132 valence electrons. The maximum absolute atomic E-state index is 4.65. The quantitative estimate of drug-likeness (QED) is 0.272. The van der Waals surface area contributed by atoms with Crippen molar-refractivity contribution in [2.75, 3.05) is 32.7 Å². The SMILES string of the molecule is CCNC(=NCc1ccc(C)cc1)NCCCN(CC)CC.I. The first-order valence-corrected chi connectivity index (χ1v) is 8.49. The highest BCUT2D eigenvalue weighted by Crippen LogP contribution is 2.04. The van der Waals surface area contributed by atoms with Crippen LogP contribution in [0, 0.1) is 6.92 Å². The summed E-state index contributed by atoms with van der Waals surface area (Å²) in [6, 6.07) is 8.55. The summed E-state index contributed by atoms with van der Waals surface area (Å²) in [6.45, 7) is 14.6. The molecule has 1 aromatic carbocycles. The first kappa shape index (κ1) is 22.2. The zero-order valence-corrected chi connectivity index (χ0v) is 17.4. The fourth-order valence-electron chi connectivity index (χ4n) is 2.25. The Hall–Kier alpha value is -0.820. The molecular weight excluding hydrogens is 399 g/mol. The van der Waals surface area contributed by atoms with Crippen LogP contribution in [0.25, 0.3) is 0 Å². The number of halogens is 1. The standard InChI is InChI=1S/C18H32N4.HI/c1-5-19-18(20-13-8-14-22(6-2)7-3)21-15-17-11-9-16(4)10-12-17;/h9-12H,5-8,13-15H2,1-4H3,(H2,19,20,21);1H. The van der Waals surface area contributed by atoms with Crippen LogP contribution in [0.2, 0.25) is 0 Å². The summed E-state index contributed by atoms with van der Waals surface area (Å²) in [4.78, 5) is 7.09. The molecule has 4 nitrogen and oxygen atoms in total. The van der Waals surface area contributed by atoms with Gasteiger partial charge >= 0.3 is 0 Å². The lowest BCUT2D eigenvalue weighted by Gasteiger charge is -2.18. The molecule has 0 aliphatic heterocycles. The van der Waals surface area contributed by atoms with Gasteiger partial charge in [0, 0.05) is 13.1 Å². The minimum Gasteiger partial charge on any atom is -0.357 e. The summed E-state index contributed by atoms with van der Waals surface area (Å²) < 4.78 is 0. The summed E-state index contributed by atoms with van der Waals surface area (Å²) >= 11 is 0. The zero-order chi connectivity index (χ0) is 16.2. The second-order valence-corrected chi connectivity index (χ2v) is 5.49. The fourth-order valence-corrected chi connectivity index (χ4v) is 2.25. The predicted molar refractivity (Wildman–Crippen MR) is 112 cm³/mol. The fraction of sp³-hybridized carbons (Fsp3) is 0.611. The lowest BCUT2D eigenvalue weighted by atomic mass is 10.1. The van der Waals surface area contributed by atoms with Crippen molar-refractivity contribution >= 4 is 29.9 Å². The van der Waals surface area contributed by atoms with Gasteiger partial charge in [-0.1, -0.05) is 43.7 Å². The van der Waals surface area contributed by atoms with E-state index in [1.54, 1.807) is 0 Å². The van der Waals surface area contributed by atoms with Gasteiger partial charge in [-0.25, -0.2) is 4.99 Å². The summed E-state index contributed by atoms with van der Waals surface area (Å²) in [5, 5.41) is 6.72. The van der Waals surface area contributed by atoms with Crippen LogP contribution in [-0.2, 0) is 6.54 Å². The van der Waals surface area contributed by atoms with Crippen molar-refractivity contribution in [3.8, 4) is 0 Å². The molecule has 0 radical (unpaired) electrons. The number of aryl methyl sites for hydroxylation is 1. The second kappa shape index (κ2) is 13.6. The third kappa shape index (κ3) is 9.81. The van der Waals surface area contributed by atoms with Crippen LogP contribution in [0.4, 0.5) is 0 Å². The third-order valence-corrected chi connectivity index (χ3v) is 3.72. The second-order valence-electron chi connectivity index (χ2n) is 5.49. The van der Waals surface area contributed by atoms with Crippen molar-refractivity contribution in [1.29, 1.82) is 0 Å². The molecule has 2 N–H and O–H groups in total. The van der Waals surface area contributed by atoms with Crippen LogP contribution in [0.15, 0.2) is 29.3 Å². The van der Waals surface area contributed by atoms with Gasteiger partial charge in [0.2, 0.25) is 0 Å². The molecule has 0 saturated carbocycles. The zero-order valence-electron chi connectivity index (χ0n) is 15.1. The highest BCUT2D eigenvalue weighted by atomic mass is 127. The number of hydrogen-bond acceptors (Lipinski definition) is 2. The molecule has 0 aromatic heterocycles. The van der Waals surface area contributed by atoms with E-state index in [4.69, 9.17) is 0 Å². The minimum absolute atomic E-state index is 0. The molecule has 0 spiro atoms. The molecule has 0 aliphatic carbocycles. The Bertz CT molecular complexity index is 427. The van der Waals surface area contributed by atoms with Gasteiger partial charge in [-0.15, -0.1) is 24.0 Å². The van der Waals surface area contributed by atoms with Crippen LogP contribution >= 0.6 is 24.0 Å². The molecule has 0 unspecified atom stereocenters. The van der Waals surface area contributed by atoms with Crippen molar-refractivity contribution < 1.29 is 0 Å². The van der Waals surface area contributed by atoms with Crippen LogP contribution in [-0.4, -0.2) is 43.6 Å². The van der Waals surface area contributed by atoms with Crippen LogP contribution in [0.5, 0.6) is 0 Å². The van der Waals surface area contributed by atoms with Gasteiger partial charge in [0.25, 0.3) is 0 Å². The molecule has 1 aromatic rings. The number of guanidine groups is 1. The first-order chi connectivity index (χ1) is 10.7. The van der Waals surface area contributed by atoms with E-state index in [0.717, 1.165) is 45.1 Å². The Morgan fingerprint density at radius 3 is 2.26 bits per heavy atom. The summed E-state index contributed by atoms with van der Waals surface area (Å²) in [7, 11) is 0. The van der Waals surface area contributed by atoms with E-state index in [2.05, 4.69) is 72.5 Å². The Morgan fingerprint density at radius 2 is 1.70 bits per heavy atom. The normalized spacial score (nSPS) is 11.3. The van der Waals surface area contributed by atoms with Gasteiger partial charge in [0.05, 0.1) is 6.54 Å².